The Balaban J connectivity index is 1.88. The molecular formula is C12H11N3OS. The molecule has 0 bridgehead atoms. The van der Waals surface area contributed by atoms with Crippen LogP contribution in [-0.4, -0.2) is 26.9 Å². The van der Waals surface area contributed by atoms with Crippen molar-refractivity contribution >= 4 is 29.3 Å². The molecule has 86 valence electrons. The van der Waals surface area contributed by atoms with Crippen LogP contribution < -0.4 is 5.32 Å². The molecule has 1 aliphatic heterocycles. The third-order valence-corrected chi connectivity index (χ3v) is 3.14. The fraction of sp³-hybridized carbons (Fsp3) is 0.250. The molecule has 3 rings (SSSR count). The van der Waals surface area contributed by atoms with E-state index in [1.807, 2.05) is 12.1 Å². The summed E-state index contributed by atoms with van der Waals surface area (Å²) < 4.78 is 0. The molecule has 1 saturated carbocycles. The molecule has 1 amide bonds. The number of hydrogen-bond acceptors (Lipinski definition) is 3. The molecule has 2 fully saturated rings. The molecule has 0 spiro atoms. The van der Waals surface area contributed by atoms with E-state index >= 15 is 0 Å². The normalized spacial score (nSPS) is 22.1. The van der Waals surface area contributed by atoms with E-state index in [-0.39, 0.29) is 5.91 Å². The minimum absolute atomic E-state index is 0.0192. The molecule has 1 aromatic heterocycles. The van der Waals surface area contributed by atoms with Crippen molar-refractivity contribution in [1.29, 1.82) is 0 Å². The number of carbonyl (C=O) groups is 1. The van der Waals surface area contributed by atoms with Gasteiger partial charge in [0.25, 0.3) is 5.91 Å². The summed E-state index contributed by atoms with van der Waals surface area (Å²) in [6, 6.07) is 4.01. The van der Waals surface area contributed by atoms with Gasteiger partial charge in [-0.05, 0) is 48.8 Å². The Labute approximate surface area is 104 Å². The van der Waals surface area contributed by atoms with Gasteiger partial charge in [0.2, 0.25) is 0 Å². The fourth-order valence-electron chi connectivity index (χ4n) is 1.84. The van der Waals surface area contributed by atoms with Crippen molar-refractivity contribution in [2.45, 2.75) is 18.9 Å². The first kappa shape index (κ1) is 10.4. The van der Waals surface area contributed by atoms with Gasteiger partial charge in [0.1, 0.15) is 5.70 Å². The Morgan fingerprint density at radius 3 is 2.76 bits per heavy atom. The lowest BCUT2D eigenvalue weighted by atomic mass is 10.2. The quantitative estimate of drug-likeness (QED) is 0.630. The second-order valence-corrected chi connectivity index (χ2v) is 4.56. The Morgan fingerprint density at radius 1 is 1.41 bits per heavy atom. The smallest absolute Gasteiger partial charge is 0.276 e. The number of pyridine rings is 1. The topological polar surface area (TPSA) is 45.2 Å². The molecule has 0 unspecified atom stereocenters. The van der Waals surface area contributed by atoms with Gasteiger partial charge >= 0.3 is 0 Å². The lowest BCUT2D eigenvalue weighted by Gasteiger charge is -2.11. The molecular weight excluding hydrogens is 234 g/mol. The van der Waals surface area contributed by atoms with Crippen LogP contribution in [0.3, 0.4) is 0 Å². The minimum atomic E-state index is -0.0192. The Hall–Kier alpha value is -1.75. The third kappa shape index (κ3) is 1.93. The summed E-state index contributed by atoms with van der Waals surface area (Å²) in [5.41, 5.74) is 1.49. The second-order valence-electron chi connectivity index (χ2n) is 4.18. The van der Waals surface area contributed by atoms with Crippen LogP contribution in [0.25, 0.3) is 6.08 Å². The van der Waals surface area contributed by atoms with Crippen molar-refractivity contribution < 1.29 is 4.79 Å². The maximum Gasteiger partial charge on any atom is 0.276 e. The highest BCUT2D eigenvalue weighted by molar-refractivity contribution is 7.80. The van der Waals surface area contributed by atoms with Gasteiger partial charge in [-0.1, -0.05) is 0 Å². The highest BCUT2D eigenvalue weighted by Crippen LogP contribution is 2.30. The van der Waals surface area contributed by atoms with E-state index in [9.17, 15) is 4.79 Å². The molecule has 1 N–H and O–H groups in total. The number of amides is 1. The van der Waals surface area contributed by atoms with Crippen LogP contribution in [0.2, 0.25) is 0 Å². The Kier molecular flexibility index (Phi) is 2.40. The number of nitrogens with one attached hydrogen (secondary N) is 1. The fourth-order valence-corrected chi connectivity index (χ4v) is 2.18. The van der Waals surface area contributed by atoms with Crippen molar-refractivity contribution in [1.82, 2.24) is 15.2 Å². The molecule has 2 aliphatic rings. The SMILES string of the molecule is O=C1/C(=C/c2ccncc2)NC(=S)N1C1CC1. The van der Waals surface area contributed by atoms with Gasteiger partial charge in [-0.25, -0.2) is 0 Å². The molecule has 1 saturated heterocycles. The van der Waals surface area contributed by atoms with Gasteiger partial charge in [0.05, 0.1) is 0 Å². The Morgan fingerprint density at radius 2 is 2.12 bits per heavy atom. The van der Waals surface area contributed by atoms with Crippen LogP contribution in [0.15, 0.2) is 30.2 Å². The van der Waals surface area contributed by atoms with Crippen molar-refractivity contribution in [2.24, 2.45) is 0 Å². The van der Waals surface area contributed by atoms with Crippen LogP contribution >= 0.6 is 12.2 Å². The van der Waals surface area contributed by atoms with Crippen LogP contribution in [0.5, 0.6) is 0 Å². The number of aromatic nitrogens is 1. The third-order valence-electron chi connectivity index (χ3n) is 2.84. The molecule has 17 heavy (non-hydrogen) atoms. The standard InChI is InChI=1S/C12H11N3OS/c16-11-10(7-8-3-5-13-6-4-8)14-12(17)15(11)9-1-2-9/h3-7,9H,1-2H2,(H,14,17)/b10-7-. The van der Waals surface area contributed by atoms with E-state index in [4.69, 9.17) is 12.2 Å². The molecule has 4 nitrogen and oxygen atoms in total. The molecule has 2 heterocycles. The lowest BCUT2D eigenvalue weighted by Crippen LogP contribution is -2.32. The van der Waals surface area contributed by atoms with Crippen LogP contribution in [0.4, 0.5) is 0 Å². The summed E-state index contributed by atoms with van der Waals surface area (Å²) in [7, 11) is 0. The zero-order valence-electron chi connectivity index (χ0n) is 9.09. The zero-order chi connectivity index (χ0) is 11.8. The summed E-state index contributed by atoms with van der Waals surface area (Å²) in [5, 5.41) is 3.50. The highest BCUT2D eigenvalue weighted by atomic mass is 32.1. The van der Waals surface area contributed by atoms with Gasteiger partial charge < -0.3 is 5.32 Å². The predicted octanol–water partition coefficient (Wildman–Crippen LogP) is 1.30. The van der Waals surface area contributed by atoms with Gasteiger partial charge in [-0.15, -0.1) is 0 Å². The molecule has 0 atom stereocenters. The monoisotopic (exact) mass is 245 g/mol. The highest BCUT2D eigenvalue weighted by Gasteiger charge is 2.41. The second kappa shape index (κ2) is 3.92. The summed E-state index contributed by atoms with van der Waals surface area (Å²) >= 11 is 5.17. The van der Waals surface area contributed by atoms with Crippen molar-refractivity contribution in [3.8, 4) is 0 Å². The first-order chi connectivity index (χ1) is 8.25. The van der Waals surface area contributed by atoms with E-state index in [0.717, 1.165) is 18.4 Å². The van der Waals surface area contributed by atoms with Gasteiger partial charge in [-0.3, -0.25) is 14.7 Å². The van der Waals surface area contributed by atoms with E-state index < -0.39 is 0 Å². The van der Waals surface area contributed by atoms with E-state index in [2.05, 4.69) is 10.3 Å². The molecule has 1 aliphatic carbocycles. The Bertz CT molecular complexity index is 508. The molecule has 0 radical (unpaired) electrons. The lowest BCUT2D eigenvalue weighted by molar-refractivity contribution is -0.122. The summed E-state index contributed by atoms with van der Waals surface area (Å²) in [4.78, 5) is 17.7. The molecule has 0 aromatic carbocycles. The van der Waals surface area contributed by atoms with Crippen molar-refractivity contribution in [2.75, 3.05) is 0 Å². The minimum Gasteiger partial charge on any atom is -0.328 e. The summed E-state index contributed by atoms with van der Waals surface area (Å²) in [6.07, 6.45) is 7.30. The van der Waals surface area contributed by atoms with Crippen molar-refractivity contribution in [3.63, 3.8) is 0 Å². The molecule has 5 heteroatoms. The van der Waals surface area contributed by atoms with Gasteiger partial charge in [0.15, 0.2) is 5.11 Å². The van der Waals surface area contributed by atoms with E-state index in [1.165, 1.54) is 0 Å². The van der Waals surface area contributed by atoms with Gasteiger partial charge in [0, 0.05) is 18.4 Å². The number of thiocarbonyl (C=S) groups is 1. The largest absolute Gasteiger partial charge is 0.328 e. The number of hydrogen-bond donors (Lipinski definition) is 1. The van der Waals surface area contributed by atoms with Crippen LogP contribution in [0.1, 0.15) is 18.4 Å². The number of carbonyl (C=O) groups excluding carboxylic acids is 1. The van der Waals surface area contributed by atoms with E-state index in [0.29, 0.717) is 16.9 Å². The van der Waals surface area contributed by atoms with Gasteiger partial charge in [-0.2, -0.15) is 0 Å². The van der Waals surface area contributed by atoms with Crippen LogP contribution in [-0.2, 0) is 4.79 Å². The maximum atomic E-state index is 12.1. The van der Waals surface area contributed by atoms with Crippen LogP contribution in [0, 0.1) is 0 Å². The van der Waals surface area contributed by atoms with Crippen molar-refractivity contribution in [3.05, 3.63) is 35.8 Å². The first-order valence-electron chi connectivity index (χ1n) is 5.52. The average Bonchev–Trinajstić information content (AvgIpc) is 3.10. The summed E-state index contributed by atoms with van der Waals surface area (Å²) in [5.74, 6) is -0.0192. The predicted molar refractivity (Wildman–Crippen MR) is 67.8 cm³/mol. The summed E-state index contributed by atoms with van der Waals surface area (Å²) in [6.45, 7) is 0. The molecule has 1 aromatic rings. The zero-order valence-corrected chi connectivity index (χ0v) is 9.91. The first-order valence-corrected chi connectivity index (χ1v) is 5.93. The number of rotatable bonds is 2. The number of nitrogens with zero attached hydrogens (tertiary/aromatic N) is 2. The average molecular weight is 245 g/mol. The van der Waals surface area contributed by atoms with E-state index in [1.54, 1.807) is 23.4 Å². The maximum absolute atomic E-state index is 12.1.